The molecule has 164 valence electrons. The number of halogens is 1. The lowest BCUT2D eigenvalue weighted by molar-refractivity contribution is -0.386. The van der Waals surface area contributed by atoms with Crippen LogP contribution in [0.1, 0.15) is 41.6 Å². The van der Waals surface area contributed by atoms with Gasteiger partial charge in [0.25, 0.3) is 5.69 Å². The molecule has 0 spiro atoms. The highest BCUT2D eigenvalue weighted by Gasteiger charge is 2.29. The van der Waals surface area contributed by atoms with Crippen molar-refractivity contribution in [3.63, 3.8) is 0 Å². The number of benzene rings is 1. The Morgan fingerprint density at radius 2 is 2.03 bits per heavy atom. The van der Waals surface area contributed by atoms with Crippen molar-refractivity contribution in [3.05, 3.63) is 79.8 Å². The number of nitrogens with one attached hydrogen (secondary N) is 1. The first-order valence-electron chi connectivity index (χ1n) is 10.00. The number of hydrogen-bond donors (Lipinski definition) is 1. The summed E-state index contributed by atoms with van der Waals surface area (Å²) < 4.78 is 2.56. The number of carbonyl (C=O) groups excluding carboxylic acids is 1. The topological polar surface area (TPSA) is 114 Å². The zero-order valence-corrected chi connectivity index (χ0v) is 19.5. The lowest BCUT2D eigenvalue weighted by Gasteiger charge is -2.15. The molecule has 1 N–H and O–H groups in total. The van der Waals surface area contributed by atoms with E-state index < -0.39 is 10.8 Å². The Balaban J connectivity index is 1.75. The molecule has 1 amide bonds. The second-order valence-electron chi connectivity index (χ2n) is 7.43. The number of nitrogens with zero attached hydrogens (tertiary/aromatic N) is 4. The number of amides is 1. The maximum Gasteiger partial charge on any atom is 0.294 e. The van der Waals surface area contributed by atoms with Crippen molar-refractivity contribution in [2.24, 2.45) is 7.05 Å². The third-order valence-corrected chi connectivity index (χ3v) is 6.30. The van der Waals surface area contributed by atoms with E-state index in [2.05, 4.69) is 32.3 Å². The smallest absolute Gasteiger partial charge is 0.294 e. The molecule has 1 atom stereocenters. The normalized spacial score (nSPS) is 11.6. The average Bonchev–Trinajstić information content (AvgIpc) is 3.06. The van der Waals surface area contributed by atoms with Crippen LogP contribution in [0.15, 0.2) is 47.3 Å². The fourth-order valence-electron chi connectivity index (χ4n) is 3.61. The zero-order chi connectivity index (χ0) is 23.4. The van der Waals surface area contributed by atoms with Crippen LogP contribution in [0.2, 0.25) is 0 Å². The molecule has 2 heterocycles. The van der Waals surface area contributed by atoms with E-state index in [0.29, 0.717) is 17.5 Å². The van der Waals surface area contributed by atoms with E-state index in [1.54, 1.807) is 19.9 Å². The summed E-state index contributed by atoms with van der Waals surface area (Å²) in [5.74, 6) is -1.02. The van der Waals surface area contributed by atoms with E-state index >= 15 is 0 Å². The molecular weight excluding hydrogens is 474 g/mol. The number of carbonyl (C=O) groups is 1. The van der Waals surface area contributed by atoms with Crippen molar-refractivity contribution >= 4 is 27.5 Å². The highest BCUT2D eigenvalue weighted by molar-refractivity contribution is 9.10. The SMILES string of the molecule is CCC(C(=O)NCc1ccc(-c2cn(C)c(Br)c2C#N)cc1)c1nccc(C)c1[N+](=O)[O-]. The van der Waals surface area contributed by atoms with E-state index in [9.17, 15) is 20.2 Å². The van der Waals surface area contributed by atoms with Crippen molar-refractivity contribution in [2.45, 2.75) is 32.7 Å². The van der Waals surface area contributed by atoms with Gasteiger partial charge in [0.1, 0.15) is 16.4 Å². The number of nitro groups is 1. The van der Waals surface area contributed by atoms with E-state index in [1.807, 2.05) is 42.1 Å². The summed E-state index contributed by atoms with van der Waals surface area (Å²) in [4.78, 5) is 28.0. The number of rotatable bonds is 7. The van der Waals surface area contributed by atoms with Gasteiger partial charge >= 0.3 is 0 Å². The van der Waals surface area contributed by atoms with Crippen LogP contribution in [0, 0.1) is 28.4 Å². The Morgan fingerprint density at radius 1 is 1.34 bits per heavy atom. The molecule has 0 aliphatic heterocycles. The van der Waals surface area contributed by atoms with Gasteiger partial charge < -0.3 is 9.88 Å². The van der Waals surface area contributed by atoms with Crippen LogP contribution >= 0.6 is 15.9 Å². The van der Waals surface area contributed by atoms with Gasteiger partial charge in [-0.3, -0.25) is 19.9 Å². The minimum Gasteiger partial charge on any atom is -0.351 e. The standard InChI is InChI=1S/C23H22BrN5O3/c1-4-17(20-21(29(31)32)14(2)9-10-26-20)23(30)27-12-15-5-7-16(8-6-15)19-13-28(3)22(24)18(19)11-25/h5-10,13,17H,4,12H2,1-3H3,(H,27,30). The minimum atomic E-state index is -0.713. The van der Waals surface area contributed by atoms with Gasteiger partial charge in [0.2, 0.25) is 5.91 Å². The van der Waals surface area contributed by atoms with E-state index in [-0.39, 0.29) is 23.8 Å². The van der Waals surface area contributed by atoms with Gasteiger partial charge in [-0.15, -0.1) is 0 Å². The first kappa shape index (κ1) is 23.2. The van der Waals surface area contributed by atoms with Gasteiger partial charge in [-0.1, -0.05) is 31.2 Å². The summed E-state index contributed by atoms with van der Waals surface area (Å²) >= 11 is 3.42. The predicted molar refractivity (Wildman–Crippen MR) is 124 cm³/mol. The first-order valence-corrected chi connectivity index (χ1v) is 10.8. The number of hydrogen-bond acceptors (Lipinski definition) is 5. The Labute approximate surface area is 194 Å². The molecule has 3 aromatic rings. The second-order valence-corrected chi connectivity index (χ2v) is 8.18. The van der Waals surface area contributed by atoms with Crippen molar-refractivity contribution in [2.75, 3.05) is 0 Å². The van der Waals surface area contributed by atoms with Gasteiger partial charge in [-0.2, -0.15) is 5.26 Å². The number of aryl methyl sites for hydroxylation is 2. The average molecular weight is 496 g/mol. The van der Waals surface area contributed by atoms with Crippen molar-refractivity contribution in [3.8, 4) is 17.2 Å². The molecule has 3 rings (SSSR count). The Morgan fingerprint density at radius 3 is 2.62 bits per heavy atom. The molecule has 32 heavy (non-hydrogen) atoms. The molecule has 0 saturated carbocycles. The van der Waals surface area contributed by atoms with Gasteiger partial charge in [0, 0.05) is 37.1 Å². The van der Waals surface area contributed by atoms with Crippen LogP contribution in [-0.2, 0) is 18.4 Å². The Hall–Kier alpha value is -3.51. The predicted octanol–water partition coefficient (Wildman–Crippen LogP) is 4.75. The molecule has 2 aromatic heterocycles. The zero-order valence-electron chi connectivity index (χ0n) is 17.9. The monoisotopic (exact) mass is 495 g/mol. The number of aromatic nitrogens is 2. The van der Waals surface area contributed by atoms with Gasteiger partial charge in [0.15, 0.2) is 0 Å². The molecule has 8 nitrogen and oxygen atoms in total. The molecule has 0 fully saturated rings. The molecule has 1 aromatic carbocycles. The molecule has 0 aliphatic carbocycles. The maximum absolute atomic E-state index is 12.8. The van der Waals surface area contributed by atoms with Gasteiger partial charge in [-0.25, -0.2) is 0 Å². The largest absolute Gasteiger partial charge is 0.351 e. The van der Waals surface area contributed by atoms with Crippen LogP contribution in [0.3, 0.4) is 0 Å². The maximum atomic E-state index is 12.8. The lowest BCUT2D eigenvalue weighted by atomic mass is 9.97. The quantitative estimate of drug-likeness (QED) is 0.375. The lowest BCUT2D eigenvalue weighted by Crippen LogP contribution is -2.29. The van der Waals surface area contributed by atoms with Crippen molar-refractivity contribution in [1.82, 2.24) is 14.9 Å². The Bertz CT molecular complexity index is 1210. The fraction of sp³-hybridized carbons (Fsp3) is 0.261. The van der Waals surface area contributed by atoms with Crippen LogP contribution in [0.5, 0.6) is 0 Å². The summed E-state index contributed by atoms with van der Waals surface area (Å²) in [5, 5.41) is 23.8. The summed E-state index contributed by atoms with van der Waals surface area (Å²) in [6.07, 6.45) is 3.76. The van der Waals surface area contributed by atoms with Gasteiger partial charge in [0.05, 0.1) is 16.4 Å². The molecule has 0 radical (unpaired) electrons. The van der Waals surface area contributed by atoms with Crippen molar-refractivity contribution in [1.29, 1.82) is 5.26 Å². The van der Waals surface area contributed by atoms with Gasteiger partial charge in [-0.05, 0) is 46.5 Å². The van der Waals surface area contributed by atoms with Crippen LogP contribution in [0.4, 0.5) is 5.69 Å². The molecule has 9 heteroatoms. The third kappa shape index (κ3) is 4.55. The summed E-state index contributed by atoms with van der Waals surface area (Å²) in [7, 11) is 1.86. The Kier molecular flexibility index (Phi) is 7.05. The summed E-state index contributed by atoms with van der Waals surface area (Å²) in [6, 6.07) is 11.3. The summed E-state index contributed by atoms with van der Waals surface area (Å²) in [5.41, 5.74) is 3.70. The van der Waals surface area contributed by atoms with E-state index in [1.165, 1.54) is 6.20 Å². The minimum absolute atomic E-state index is 0.110. The third-order valence-electron chi connectivity index (χ3n) is 5.34. The van der Waals surface area contributed by atoms with Crippen LogP contribution in [0.25, 0.3) is 11.1 Å². The van der Waals surface area contributed by atoms with E-state index in [0.717, 1.165) is 21.3 Å². The second kappa shape index (κ2) is 9.75. The number of nitriles is 1. The van der Waals surface area contributed by atoms with Crippen molar-refractivity contribution < 1.29 is 9.72 Å². The molecule has 0 saturated heterocycles. The highest BCUT2D eigenvalue weighted by Crippen LogP contribution is 2.31. The molecule has 1 unspecified atom stereocenters. The first-order chi connectivity index (χ1) is 15.3. The molecular formula is C23H22BrN5O3. The highest BCUT2D eigenvalue weighted by atomic mass is 79.9. The van der Waals surface area contributed by atoms with Crippen LogP contribution < -0.4 is 5.32 Å². The summed E-state index contributed by atoms with van der Waals surface area (Å²) in [6.45, 7) is 3.72. The fourth-order valence-corrected chi connectivity index (χ4v) is 4.01. The number of pyridine rings is 1. The van der Waals surface area contributed by atoms with Crippen LogP contribution in [-0.4, -0.2) is 20.4 Å². The molecule has 0 aliphatic rings. The molecule has 0 bridgehead atoms. The van der Waals surface area contributed by atoms with E-state index in [4.69, 9.17) is 0 Å².